The van der Waals surface area contributed by atoms with Gasteiger partial charge >= 0.3 is 12.0 Å². The third kappa shape index (κ3) is 4.72. The molecule has 1 aromatic heterocycles. The minimum Gasteiger partial charge on any atom is -0.479 e. The summed E-state index contributed by atoms with van der Waals surface area (Å²) < 4.78 is 0. The molecule has 1 aromatic rings. The van der Waals surface area contributed by atoms with Crippen LogP contribution in [-0.2, 0) is 11.3 Å². The molecule has 18 heavy (non-hydrogen) atoms. The van der Waals surface area contributed by atoms with Crippen molar-refractivity contribution in [2.45, 2.75) is 26.0 Å². The van der Waals surface area contributed by atoms with Gasteiger partial charge < -0.3 is 20.8 Å². The van der Waals surface area contributed by atoms with Crippen LogP contribution in [0.1, 0.15) is 16.9 Å². The number of rotatable bonds is 6. The van der Waals surface area contributed by atoms with Crippen molar-refractivity contribution >= 4 is 23.3 Å². The molecular formula is C11H16N2O4S. The summed E-state index contributed by atoms with van der Waals surface area (Å²) in [5.41, 5.74) is 1.13. The van der Waals surface area contributed by atoms with E-state index in [9.17, 15) is 9.59 Å². The molecule has 0 fully saturated rings. The van der Waals surface area contributed by atoms with E-state index in [1.54, 1.807) is 11.3 Å². The lowest BCUT2D eigenvalue weighted by Gasteiger charge is -2.08. The van der Waals surface area contributed by atoms with E-state index in [1.807, 2.05) is 18.4 Å². The van der Waals surface area contributed by atoms with E-state index >= 15 is 0 Å². The lowest BCUT2D eigenvalue weighted by molar-refractivity contribution is -0.146. The fraction of sp³-hybridized carbons (Fsp3) is 0.455. The molecule has 1 atom stereocenters. The zero-order valence-corrected chi connectivity index (χ0v) is 10.8. The van der Waals surface area contributed by atoms with Crippen molar-refractivity contribution in [3.05, 3.63) is 21.9 Å². The SMILES string of the molecule is Cc1ccsc1CNC(=O)NCC[C@H](O)C(=O)O. The maximum atomic E-state index is 11.4. The molecule has 7 heteroatoms. The molecule has 0 radical (unpaired) electrons. The first-order valence-corrected chi connectivity index (χ1v) is 6.34. The Kier molecular flexibility index (Phi) is 5.60. The van der Waals surface area contributed by atoms with Gasteiger partial charge in [0.05, 0.1) is 6.54 Å². The molecule has 0 aliphatic rings. The summed E-state index contributed by atoms with van der Waals surface area (Å²) in [6, 6.07) is 1.60. The summed E-state index contributed by atoms with van der Waals surface area (Å²) in [5.74, 6) is -1.29. The molecule has 0 aromatic carbocycles. The molecule has 0 unspecified atom stereocenters. The molecular weight excluding hydrogens is 256 g/mol. The zero-order valence-electron chi connectivity index (χ0n) is 9.97. The van der Waals surface area contributed by atoms with E-state index in [-0.39, 0.29) is 19.0 Å². The van der Waals surface area contributed by atoms with Crippen molar-refractivity contribution in [3.8, 4) is 0 Å². The van der Waals surface area contributed by atoms with E-state index in [4.69, 9.17) is 10.2 Å². The van der Waals surface area contributed by atoms with E-state index in [2.05, 4.69) is 10.6 Å². The fourth-order valence-corrected chi connectivity index (χ4v) is 2.10. The van der Waals surface area contributed by atoms with Gasteiger partial charge in [-0.15, -0.1) is 11.3 Å². The molecule has 1 heterocycles. The summed E-state index contributed by atoms with van der Waals surface area (Å²) >= 11 is 1.56. The predicted octanol–water partition coefficient (Wildman–Crippen LogP) is 0.691. The second-order valence-corrected chi connectivity index (χ2v) is 4.78. The quantitative estimate of drug-likeness (QED) is 0.612. The average Bonchev–Trinajstić information content (AvgIpc) is 2.72. The number of amides is 2. The number of nitrogens with one attached hydrogen (secondary N) is 2. The summed E-state index contributed by atoms with van der Waals surface area (Å²) in [7, 11) is 0. The Labute approximate surface area is 109 Å². The van der Waals surface area contributed by atoms with Crippen molar-refractivity contribution in [3.63, 3.8) is 0 Å². The third-order valence-corrected chi connectivity index (χ3v) is 3.39. The smallest absolute Gasteiger partial charge is 0.332 e. The number of hydrogen-bond donors (Lipinski definition) is 4. The fourth-order valence-electron chi connectivity index (χ4n) is 1.25. The topological polar surface area (TPSA) is 98.7 Å². The molecule has 0 bridgehead atoms. The van der Waals surface area contributed by atoms with Gasteiger partial charge in [0.25, 0.3) is 0 Å². The van der Waals surface area contributed by atoms with Crippen molar-refractivity contribution in [2.24, 2.45) is 0 Å². The van der Waals surface area contributed by atoms with Gasteiger partial charge in [-0.3, -0.25) is 0 Å². The Morgan fingerprint density at radius 3 is 2.72 bits per heavy atom. The monoisotopic (exact) mass is 272 g/mol. The number of carbonyl (C=O) groups excluding carboxylic acids is 1. The minimum atomic E-state index is -1.44. The number of aliphatic carboxylic acids is 1. The molecule has 0 aliphatic carbocycles. The molecule has 2 amide bonds. The van der Waals surface area contributed by atoms with Crippen LogP contribution in [-0.4, -0.2) is 34.9 Å². The molecule has 100 valence electrons. The number of urea groups is 1. The van der Waals surface area contributed by atoms with E-state index in [0.717, 1.165) is 10.4 Å². The second kappa shape index (κ2) is 6.97. The van der Waals surface area contributed by atoms with Gasteiger partial charge in [0.2, 0.25) is 0 Å². The Morgan fingerprint density at radius 1 is 1.44 bits per heavy atom. The highest BCUT2D eigenvalue weighted by Crippen LogP contribution is 2.14. The molecule has 4 N–H and O–H groups in total. The van der Waals surface area contributed by atoms with Crippen LogP contribution in [0.5, 0.6) is 0 Å². The van der Waals surface area contributed by atoms with Crippen LogP contribution in [0.2, 0.25) is 0 Å². The van der Waals surface area contributed by atoms with Gasteiger partial charge in [-0.25, -0.2) is 9.59 Å². The van der Waals surface area contributed by atoms with Crippen LogP contribution in [0.4, 0.5) is 4.79 Å². The Hall–Kier alpha value is -1.60. The summed E-state index contributed by atoms with van der Waals surface area (Å²) in [6.07, 6.45) is -1.45. The number of carboxylic acids is 1. The summed E-state index contributed by atoms with van der Waals surface area (Å²) in [5, 5.41) is 24.5. The highest BCUT2D eigenvalue weighted by Gasteiger charge is 2.12. The first-order chi connectivity index (χ1) is 8.50. The van der Waals surface area contributed by atoms with Gasteiger partial charge in [0, 0.05) is 17.8 Å². The maximum absolute atomic E-state index is 11.4. The standard InChI is InChI=1S/C11H16N2O4S/c1-7-3-5-18-9(7)6-13-11(17)12-4-2-8(14)10(15)16/h3,5,8,14H,2,4,6H2,1H3,(H,15,16)(H2,12,13,17)/t8-/m0/s1. The summed E-state index contributed by atoms with van der Waals surface area (Å²) in [4.78, 5) is 22.8. The Morgan fingerprint density at radius 2 is 2.17 bits per heavy atom. The second-order valence-electron chi connectivity index (χ2n) is 3.78. The van der Waals surface area contributed by atoms with Crippen molar-refractivity contribution in [1.29, 1.82) is 0 Å². The van der Waals surface area contributed by atoms with Gasteiger partial charge in [0.1, 0.15) is 0 Å². The van der Waals surface area contributed by atoms with Crippen LogP contribution in [0.3, 0.4) is 0 Å². The van der Waals surface area contributed by atoms with Crippen LogP contribution < -0.4 is 10.6 Å². The van der Waals surface area contributed by atoms with Gasteiger partial charge in [-0.2, -0.15) is 0 Å². The number of carboxylic acid groups (broad SMARTS) is 1. The average molecular weight is 272 g/mol. The normalized spacial score (nSPS) is 11.9. The minimum absolute atomic E-state index is 0.0131. The van der Waals surface area contributed by atoms with Crippen LogP contribution in [0.25, 0.3) is 0 Å². The molecule has 6 nitrogen and oxygen atoms in total. The van der Waals surface area contributed by atoms with E-state index < -0.39 is 12.1 Å². The number of aliphatic hydroxyl groups excluding tert-OH is 1. The first-order valence-electron chi connectivity index (χ1n) is 5.46. The third-order valence-electron chi connectivity index (χ3n) is 2.37. The molecule has 0 saturated carbocycles. The number of aryl methyl sites for hydroxylation is 1. The number of carbonyl (C=O) groups is 2. The summed E-state index contributed by atoms with van der Waals surface area (Å²) in [6.45, 7) is 2.52. The molecule has 0 spiro atoms. The Bertz CT molecular complexity index is 419. The van der Waals surface area contributed by atoms with Crippen LogP contribution >= 0.6 is 11.3 Å². The van der Waals surface area contributed by atoms with Gasteiger partial charge in [-0.1, -0.05) is 0 Å². The van der Waals surface area contributed by atoms with Crippen molar-refractivity contribution in [2.75, 3.05) is 6.54 Å². The van der Waals surface area contributed by atoms with E-state index in [0.29, 0.717) is 6.54 Å². The van der Waals surface area contributed by atoms with Gasteiger partial charge in [0.15, 0.2) is 6.10 Å². The first kappa shape index (κ1) is 14.5. The predicted molar refractivity (Wildman–Crippen MR) is 67.6 cm³/mol. The highest BCUT2D eigenvalue weighted by molar-refractivity contribution is 7.10. The lowest BCUT2D eigenvalue weighted by Crippen LogP contribution is -2.37. The van der Waals surface area contributed by atoms with Crippen molar-refractivity contribution in [1.82, 2.24) is 10.6 Å². The molecule has 0 saturated heterocycles. The number of hydrogen-bond acceptors (Lipinski definition) is 4. The van der Waals surface area contributed by atoms with Crippen LogP contribution in [0, 0.1) is 6.92 Å². The zero-order chi connectivity index (χ0) is 13.5. The molecule has 1 rings (SSSR count). The maximum Gasteiger partial charge on any atom is 0.332 e. The largest absolute Gasteiger partial charge is 0.479 e. The van der Waals surface area contributed by atoms with E-state index in [1.165, 1.54) is 0 Å². The lowest BCUT2D eigenvalue weighted by atomic mass is 10.2. The number of aliphatic hydroxyl groups is 1. The molecule has 0 aliphatic heterocycles. The van der Waals surface area contributed by atoms with Crippen LogP contribution in [0.15, 0.2) is 11.4 Å². The van der Waals surface area contributed by atoms with Gasteiger partial charge in [-0.05, 0) is 23.9 Å². The Balaban J connectivity index is 2.19. The number of thiophene rings is 1. The van der Waals surface area contributed by atoms with Crippen molar-refractivity contribution < 1.29 is 19.8 Å². The highest BCUT2D eigenvalue weighted by atomic mass is 32.1.